The maximum absolute atomic E-state index is 6.33. The molecule has 3 rings (SSSR count). The van der Waals surface area contributed by atoms with Crippen molar-refractivity contribution in [3.63, 3.8) is 0 Å². The lowest BCUT2D eigenvalue weighted by Crippen LogP contribution is -2.31. The third-order valence-electron chi connectivity index (χ3n) is 4.20. The van der Waals surface area contributed by atoms with Crippen molar-refractivity contribution in [1.82, 2.24) is 0 Å². The van der Waals surface area contributed by atoms with Crippen LogP contribution in [0.3, 0.4) is 0 Å². The lowest BCUT2D eigenvalue weighted by Gasteiger charge is -2.26. The number of ether oxygens (including phenoxy) is 1. The number of epoxide rings is 1. The standard InChI is InChI=1S/C16H18Cl2OS/c1-3-8-20-15(6-7-15)16(10-19-16)11(2)13-5-4-12(17)9-14(13)18/h4-5,9H,2-3,6-8,10H2,1H3. The van der Waals surface area contributed by atoms with Crippen LogP contribution in [0.5, 0.6) is 0 Å². The first-order valence-electron chi connectivity index (χ1n) is 6.97. The first-order chi connectivity index (χ1) is 9.55. The Morgan fingerprint density at radius 1 is 1.40 bits per heavy atom. The molecule has 2 aliphatic rings. The van der Waals surface area contributed by atoms with E-state index in [1.54, 1.807) is 6.07 Å². The smallest absolute Gasteiger partial charge is 0.131 e. The average molecular weight is 329 g/mol. The second-order valence-electron chi connectivity index (χ2n) is 5.56. The van der Waals surface area contributed by atoms with Crippen LogP contribution in [0.25, 0.3) is 5.57 Å². The molecule has 1 saturated heterocycles. The lowest BCUT2D eigenvalue weighted by atomic mass is 9.89. The van der Waals surface area contributed by atoms with E-state index in [0.29, 0.717) is 10.0 Å². The highest BCUT2D eigenvalue weighted by Gasteiger charge is 2.69. The average Bonchev–Trinajstić information content (AvgIpc) is 3.29. The fraction of sp³-hybridized carbons (Fsp3) is 0.500. The number of thioether (sulfide) groups is 1. The number of hydrogen-bond acceptors (Lipinski definition) is 2. The SMILES string of the molecule is C=C(c1ccc(Cl)cc1Cl)C1(C2(SCCC)CC2)CO1. The Morgan fingerprint density at radius 2 is 2.10 bits per heavy atom. The minimum atomic E-state index is -0.204. The lowest BCUT2D eigenvalue weighted by molar-refractivity contribution is 0.346. The normalized spacial score (nSPS) is 26.4. The van der Waals surface area contributed by atoms with Gasteiger partial charge in [0.2, 0.25) is 0 Å². The Morgan fingerprint density at radius 3 is 2.60 bits per heavy atom. The Kier molecular flexibility index (Phi) is 3.87. The van der Waals surface area contributed by atoms with Crippen LogP contribution in [0.15, 0.2) is 24.8 Å². The van der Waals surface area contributed by atoms with Gasteiger partial charge in [-0.3, -0.25) is 0 Å². The Bertz CT molecular complexity index is 547. The first kappa shape index (κ1) is 14.8. The van der Waals surface area contributed by atoms with Crippen LogP contribution in [0, 0.1) is 0 Å². The Hall–Kier alpha value is -0.150. The van der Waals surface area contributed by atoms with Gasteiger partial charge in [0.05, 0.1) is 11.4 Å². The zero-order chi connectivity index (χ0) is 14.4. The minimum Gasteiger partial charge on any atom is -0.363 e. The van der Waals surface area contributed by atoms with Crippen molar-refractivity contribution >= 4 is 40.5 Å². The molecule has 1 heterocycles. The topological polar surface area (TPSA) is 12.5 Å². The van der Waals surface area contributed by atoms with Gasteiger partial charge in [-0.25, -0.2) is 0 Å². The van der Waals surface area contributed by atoms with Crippen molar-refractivity contribution in [2.75, 3.05) is 12.4 Å². The third kappa shape index (κ3) is 2.31. The molecular weight excluding hydrogens is 311 g/mol. The monoisotopic (exact) mass is 328 g/mol. The van der Waals surface area contributed by atoms with Crippen LogP contribution in [0.4, 0.5) is 0 Å². The molecule has 1 aromatic carbocycles. The summed E-state index contributed by atoms with van der Waals surface area (Å²) in [6, 6.07) is 5.60. The highest BCUT2D eigenvalue weighted by Crippen LogP contribution is 2.66. The molecule has 1 aliphatic heterocycles. The fourth-order valence-electron chi connectivity index (χ4n) is 2.81. The molecule has 4 heteroatoms. The van der Waals surface area contributed by atoms with E-state index < -0.39 is 0 Å². The molecule has 2 fully saturated rings. The van der Waals surface area contributed by atoms with Gasteiger partial charge >= 0.3 is 0 Å². The molecule has 0 spiro atoms. The van der Waals surface area contributed by atoms with Crippen molar-refractivity contribution < 1.29 is 4.74 Å². The predicted molar refractivity (Wildman–Crippen MR) is 88.9 cm³/mol. The highest BCUT2D eigenvalue weighted by atomic mass is 35.5. The van der Waals surface area contributed by atoms with Crippen molar-refractivity contribution in [3.05, 3.63) is 40.4 Å². The van der Waals surface area contributed by atoms with E-state index in [1.165, 1.54) is 25.0 Å². The van der Waals surface area contributed by atoms with Crippen molar-refractivity contribution in [3.8, 4) is 0 Å². The van der Waals surface area contributed by atoms with E-state index in [0.717, 1.165) is 17.7 Å². The third-order valence-corrected chi connectivity index (χ3v) is 6.65. The molecule has 108 valence electrons. The number of benzene rings is 1. The molecule has 0 amide bonds. The number of halogens is 2. The zero-order valence-corrected chi connectivity index (χ0v) is 13.9. The van der Waals surface area contributed by atoms with Crippen LogP contribution < -0.4 is 0 Å². The largest absolute Gasteiger partial charge is 0.363 e. The van der Waals surface area contributed by atoms with Crippen molar-refractivity contribution in [1.29, 1.82) is 0 Å². The van der Waals surface area contributed by atoms with E-state index in [1.807, 2.05) is 23.9 Å². The quantitative estimate of drug-likeness (QED) is 0.643. The number of hydrogen-bond donors (Lipinski definition) is 0. The Labute approximate surface area is 134 Å². The van der Waals surface area contributed by atoms with Gasteiger partial charge in [0.15, 0.2) is 0 Å². The molecule has 0 bridgehead atoms. The van der Waals surface area contributed by atoms with Crippen LogP contribution in [0.1, 0.15) is 31.7 Å². The van der Waals surface area contributed by atoms with E-state index in [9.17, 15) is 0 Å². The molecule has 1 saturated carbocycles. The predicted octanol–water partition coefficient (Wildman–Crippen LogP) is 5.45. The summed E-state index contributed by atoms with van der Waals surface area (Å²) in [7, 11) is 0. The van der Waals surface area contributed by atoms with Gasteiger partial charge in [0.1, 0.15) is 5.60 Å². The summed E-state index contributed by atoms with van der Waals surface area (Å²) in [6.07, 6.45) is 3.61. The van der Waals surface area contributed by atoms with Gasteiger partial charge in [-0.2, -0.15) is 11.8 Å². The van der Waals surface area contributed by atoms with Gasteiger partial charge in [-0.1, -0.05) is 42.8 Å². The van der Waals surface area contributed by atoms with E-state index in [4.69, 9.17) is 27.9 Å². The summed E-state index contributed by atoms with van der Waals surface area (Å²) in [6.45, 7) is 7.28. The van der Waals surface area contributed by atoms with Gasteiger partial charge in [-0.15, -0.1) is 0 Å². The van der Waals surface area contributed by atoms with Crippen LogP contribution in [0.2, 0.25) is 10.0 Å². The zero-order valence-electron chi connectivity index (χ0n) is 11.5. The van der Waals surface area contributed by atoms with Gasteiger partial charge < -0.3 is 4.74 Å². The molecule has 1 aromatic rings. The summed E-state index contributed by atoms with van der Waals surface area (Å²) in [5.41, 5.74) is 1.78. The maximum atomic E-state index is 6.33. The molecule has 1 atom stereocenters. The first-order valence-corrected chi connectivity index (χ1v) is 8.71. The molecule has 0 N–H and O–H groups in total. The maximum Gasteiger partial charge on any atom is 0.131 e. The van der Waals surface area contributed by atoms with Gasteiger partial charge in [0, 0.05) is 10.0 Å². The molecular formula is C16H18Cl2OS. The summed E-state index contributed by atoms with van der Waals surface area (Å²) < 4.78 is 6.14. The highest BCUT2D eigenvalue weighted by molar-refractivity contribution is 8.01. The second-order valence-corrected chi connectivity index (χ2v) is 7.88. The molecule has 1 nitrogen and oxygen atoms in total. The van der Waals surface area contributed by atoms with Crippen LogP contribution >= 0.6 is 35.0 Å². The van der Waals surface area contributed by atoms with Crippen LogP contribution in [-0.4, -0.2) is 22.7 Å². The number of rotatable bonds is 6. The van der Waals surface area contributed by atoms with Crippen molar-refractivity contribution in [2.24, 2.45) is 0 Å². The van der Waals surface area contributed by atoms with E-state index in [2.05, 4.69) is 13.5 Å². The summed E-state index contributed by atoms with van der Waals surface area (Å²) in [5, 5.41) is 1.31. The molecule has 1 aliphatic carbocycles. The van der Waals surface area contributed by atoms with Crippen molar-refractivity contribution in [2.45, 2.75) is 36.5 Å². The fourth-order valence-corrected chi connectivity index (χ4v) is 4.79. The summed E-state index contributed by atoms with van der Waals surface area (Å²) in [4.78, 5) is 0. The summed E-state index contributed by atoms with van der Waals surface area (Å²) >= 11 is 14.3. The molecule has 0 aromatic heterocycles. The summed E-state index contributed by atoms with van der Waals surface area (Å²) in [5.74, 6) is 1.17. The molecule has 20 heavy (non-hydrogen) atoms. The molecule has 0 radical (unpaired) electrons. The van der Waals surface area contributed by atoms with E-state index in [-0.39, 0.29) is 10.3 Å². The second kappa shape index (κ2) is 5.24. The minimum absolute atomic E-state index is 0.204. The van der Waals surface area contributed by atoms with Crippen LogP contribution in [-0.2, 0) is 4.74 Å². The molecule has 1 unspecified atom stereocenters. The van der Waals surface area contributed by atoms with Gasteiger partial charge in [-0.05, 0) is 48.3 Å². The van der Waals surface area contributed by atoms with E-state index >= 15 is 0 Å². The Balaban J connectivity index is 1.87. The van der Waals surface area contributed by atoms with Gasteiger partial charge in [0.25, 0.3) is 0 Å².